The predicted octanol–water partition coefficient (Wildman–Crippen LogP) is 3.42. The number of hydrogen-bond acceptors (Lipinski definition) is 4. The fraction of sp³-hybridized carbons (Fsp3) is 0.529. The number of fused-ring (bicyclic) bond motifs is 9. The summed E-state index contributed by atoms with van der Waals surface area (Å²) in [5, 5.41) is 0.673. The number of esters is 1. The van der Waals surface area contributed by atoms with Crippen LogP contribution >= 0.6 is 23.1 Å². The molecule has 2 aliphatic carbocycles. The molecule has 2 saturated carbocycles. The molecule has 2 bridgehead atoms. The number of hydrogen-bond donors (Lipinski definition) is 0. The topological polar surface area (TPSA) is 30.2 Å². The van der Waals surface area contributed by atoms with Crippen LogP contribution in [0.5, 0.6) is 0 Å². The molecule has 5 heteroatoms. The van der Waals surface area contributed by atoms with E-state index in [1.54, 1.807) is 0 Å². The molecule has 22 heavy (non-hydrogen) atoms. The highest BCUT2D eigenvalue weighted by molar-refractivity contribution is 8.01. The van der Waals surface area contributed by atoms with Crippen LogP contribution < -0.4 is 4.57 Å². The van der Waals surface area contributed by atoms with Crippen molar-refractivity contribution in [3.8, 4) is 0 Å². The molecule has 2 aromatic rings. The summed E-state index contributed by atoms with van der Waals surface area (Å²) in [6, 6.07) is 9.15. The van der Waals surface area contributed by atoms with E-state index in [0.29, 0.717) is 29.7 Å². The second-order valence-electron chi connectivity index (χ2n) is 6.53. The first kappa shape index (κ1) is 13.4. The first-order valence-electron chi connectivity index (χ1n) is 8.04. The van der Waals surface area contributed by atoms with Gasteiger partial charge in [-0.1, -0.05) is 23.5 Å². The van der Waals surface area contributed by atoms with Crippen molar-refractivity contribution in [2.75, 3.05) is 6.61 Å². The summed E-state index contributed by atoms with van der Waals surface area (Å²) in [5.74, 6) is 1.29. The van der Waals surface area contributed by atoms with Crippen LogP contribution in [0.2, 0.25) is 0 Å². The van der Waals surface area contributed by atoms with E-state index in [0.717, 1.165) is 6.42 Å². The first-order chi connectivity index (χ1) is 10.8. The lowest BCUT2D eigenvalue weighted by Gasteiger charge is -2.25. The Bertz CT molecular complexity index is 771. The summed E-state index contributed by atoms with van der Waals surface area (Å²) in [7, 11) is 0. The summed E-state index contributed by atoms with van der Waals surface area (Å²) in [6.07, 6.45) is 2.23. The van der Waals surface area contributed by atoms with Crippen molar-refractivity contribution in [3.05, 3.63) is 24.3 Å². The summed E-state index contributed by atoms with van der Waals surface area (Å²) in [6.45, 7) is 2.40. The maximum atomic E-state index is 12.3. The SMILES string of the molecule is CCOC(=O)[C@@H]1C[C@H]2C[C@H]1[C@H]1[C@H]2Sc2sc3ccccc3[n+]21. The van der Waals surface area contributed by atoms with Crippen LogP contribution in [0.1, 0.15) is 25.8 Å². The third-order valence-corrected chi connectivity index (χ3v) is 8.34. The zero-order chi connectivity index (χ0) is 14.8. The first-order valence-corrected chi connectivity index (χ1v) is 9.74. The number of para-hydroxylation sites is 1. The molecule has 0 N–H and O–H groups in total. The molecule has 3 nitrogen and oxygen atoms in total. The molecule has 1 aliphatic heterocycles. The highest BCUT2D eigenvalue weighted by Gasteiger charge is 2.64. The molecule has 0 radical (unpaired) electrons. The molecule has 5 rings (SSSR count). The van der Waals surface area contributed by atoms with Crippen LogP contribution in [-0.4, -0.2) is 17.8 Å². The van der Waals surface area contributed by atoms with E-state index in [-0.39, 0.29) is 11.9 Å². The Balaban J connectivity index is 1.57. The molecule has 114 valence electrons. The minimum atomic E-state index is 0.0343. The Morgan fingerprint density at radius 2 is 2.23 bits per heavy atom. The monoisotopic (exact) mass is 332 g/mol. The number of thioether (sulfide) groups is 1. The van der Waals surface area contributed by atoms with Crippen molar-refractivity contribution in [1.29, 1.82) is 0 Å². The molecule has 0 spiro atoms. The number of nitrogens with zero attached hydrogens (tertiary/aromatic N) is 1. The average molecular weight is 332 g/mol. The van der Waals surface area contributed by atoms with Crippen molar-refractivity contribution in [2.45, 2.75) is 35.4 Å². The van der Waals surface area contributed by atoms with Crippen LogP contribution in [0.15, 0.2) is 28.6 Å². The second kappa shape index (κ2) is 4.71. The summed E-state index contributed by atoms with van der Waals surface area (Å²) in [5.41, 5.74) is 1.35. The molecule has 0 saturated heterocycles. The minimum Gasteiger partial charge on any atom is -0.466 e. The molecule has 3 aliphatic rings. The second-order valence-corrected chi connectivity index (χ2v) is 8.99. The van der Waals surface area contributed by atoms with E-state index in [4.69, 9.17) is 4.74 Å². The van der Waals surface area contributed by atoms with Gasteiger partial charge in [-0.2, -0.15) is 4.57 Å². The van der Waals surface area contributed by atoms with Crippen molar-refractivity contribution in [2.24, 2.45) is 17.8 Å². The molecule has 2 heterocycles. The van der Waals surface area contributed by atoms with Gasteiger partial charge in [0.05, 0.1) is 17.8 Å². The van der Waals surface area contributed by atoms with E-state index in [1.807, 2.05) is 18.3 Å². The van der Waals surface area contributed by atoms with Gasteiger partial charge >= 0.3 is 5.97 Å². The highest BCUT2D eigenvalue weighted by Crippen LogP contribution is 2.61. The molecule has 2 fully saturated rings. The van der Waals surface area contributed by atoms with Gasteiger partial charge in [-0.15, -0.1) is 0 Å². The third kappa shape index (κ3) is 1.64. The molecule has 0 unspecified atom stereocenters. The number of ether oxygens (including phenoxy) is 1. The van der Waals surface area contributed by atoms with Crippen LogP contribution in [0.25, 0.3) is 10.2 Å². The van der Waals surface area contributed by atoms with E-state index in [2.05, 4.69) is 40.6 Å². The van der Waals surface area contributed by atoms with E-state index >= 15 is 0 Å². The quantitative estimate of drug-likeness (QED) is 0.623. The lowest BCUT2D eigenvalue weighted by atomic mass is 9.84. The Kier molecular flexibility index (Phi) is 2.87. The number of carbonyl (C=O) groups is 1. The molecule has 5 atom stereocenters. The van der Waals surface area contributed by atoms with Crippen molar-refractivity contribution in [1.82, 2.24) is 0 Å². The lowest BCUT2D eigenvalue weighted by Crippen LogP contribution is -2.46. The standard InChI is InChI=1S/C17H18NO2S2/c1-2-20-16(19)11-8-9-7-10(11)14-15(9)22-17-18(14)12-5-3-4-6-13(12)21-17/h3-6,9-11,14-15H,2,7-8H2,1H3/q+1/t9-,10-,11-,14+,15+/m1/s1. The van der Waals surface area contributed by atoms with Gasteiger partial charge in [0.1, 0.15) is 4.70 Å². The highest BCUT2D eigenvalue weighted by atomic mass is 32.2. The van der Waals surface area contributed by atoms with Gasteiger partial charge in [-0.05, 0) is 43.5 Å². The Morgan fingerprint density at radius 3 is 3.09 bits per heavy atom. The Hall–Kier alpha value is -1.07. The third-order valence-electron chi connectivity index (χ3n) is 5.53. The van der Waals surface area contributed by atoms with Gasteiger partial charge in [0.25, 0.3) is 4.34 Å². The Morgan fingerprint density at radius 1 is 1.36 bits per heavy atom. The maximum absolute atomic E-state index is 12.3. The van der Waals surface area contributed by atoms with E-state index < -0.39 is 0 Å². The van der Waals surface area contributed by atoms with Gasteiger partial charge in [0.2, 0.25) is 5.52 Å². The van der Waals surface area contributed by atoms with Crippen molar-refractivity contribution < 1.29 is 14.1 Å². The average Bonchev–Trinajstić information content (AvgIpc) is 3.23. The predicted molar refractivity (Wildman–Crippen MR) is 87.0 cm³/mol. The van der Waals surface area contributed by atoms with Crippen LogP contribution in [-0.2, 0) is 9.53 Å². The summed E-state index contributed by atoms with van der Waals surface area (Å²) >= 11 is 3.96. The van der Waals surface area contributed by atoms with E-state index in [1.165, 1.54) is 21.0 Å². The number of aromatic nitrogens is 1. The number of carbonyl (C=O) groups excluding carboxylic acids is 1. The van der Waals surface area contributed by atoms with Crippen molar-refractivity contribution >= 4 is 39.3 Å². The van der Waals surface area contributed by atoms with E-state index in [9.17, 15) is 4.79 Å². The van der Waals surface area contributed by atoms with Crippen LogP contribution in [0.3, 0.4) is 0 Å². The van der Waals surface area contributed by atoms with Gasteiger partial charge in [0, 0.05) is 12.0 Å². The molecular formula is C17H18NO2S2+. The lowest BCUT2D eigenvalue weighted by molar-refractivity contribution is -0.727. The van der Waals surface area contributed by atoms with Gasteiger partial charge in [-0.3, -0.25) is 4.79 Å². The number of benzene rings is 1. The smallest absolute Gasteiger partial charge is 0.309 e. The van der Waals surface area contributed by atoms with Crippen LogP contribution in [0.4, 0.5) is 0 Å². The van der Waals surface area contributed by atoms with Gasteiger partial charge in [0.15, 0.2) is 6.04 Å². The number of thiazole rings is 1. The van der Waals surface area contributed by atoms with Crippen molar-refractivity contribution in [3.63, 3.8) is 0 Å². The fourth-order valence-electron chi connectivity index (χ4n) is 4.77. The maximum Gasteiger partial charge on any atom is 0.309 e. The Labute approximate surface area is 137 Å². The molecule has 1 aromatic heterocycles. The zero-order valence-electron chi connectivity index (χ0n) is 12.4. The summed E-state index contributed by atoms with van der Waals surface area (Å²) < 4.78 is 10.7. The molecule has 1 aromatic carbocycles. The molecule has 0 amide bonds. The van der Waals surface area contributed by atoms with Gasteiger partial charge < -0.3 is 4.74 Å². The fourth-order valence-corrected chi connectivity index (χ4v) is 7.93. The largest absolute Gasteiger partial charge is 0.466 e. The number of rotatable bonds is 2. The summed E-state index contributed by atoms with van der Waals surface area (Å²) in [4.78, 5) is 12.3. The zero-order valence-corrected chi connectivity index (χ0v) is 14.0. The molecular weight excluding hydrogens is 314 g/mol. The van der Waals surface area contributed by atoms with Crippen LogP contribution in [0, 0.1) is 17.8 Å². The normalized spacial score (nSPS) is 34.9. The minimum absolute atomic E-state index is 0.0343. The van der Waals surface area contributed by atoms with Gasteiger partial charge in [-0.25, -0.2) is 0 Å².